The van der Waals surface area contributed by atoms with Gasteiger partial charge in [-0.3, -0.25) is 4.79 Å². The van der Waals surface area contributed by atoms with E-state index in [-0.39, 0.29) is 5.91 Å². The molecule has 1 N–H and O–H groups in total. The summed E-state index contributed by atoms with van der Waals surface area (Å²) in [5.74, 6) is -0.125. The lowest BCUT2D eigenvalue weighted by molar-refractivity contribution is 0.103. The van der Waals surface area contributed by atoms with Gasteiger partial charge >= 0.3 is 0 Å². The van der Waals surface area contributed by atoms with Crippen molar-refractivity contribution in [2.24, 2.45) is 0 Å². The number of thiophene rings is 1. The molecule has 0 aliphatic heterocycles. The lowest BCUT2D eigenvalue weighted by Gasteiger charge is -2.05. The molecule has 0 spiro atoms. The van der Waals surface area contributed by atoms with Crippen LogP contribution in [0.5, 0.6) is 0 Å². The van der Waals surface area contributed by atoms with Crippen LogP contribution in [0.4, 0.5) is 5.69 Å². The number of anilines is 1. The molecule has 3 aromatic heterocycles. The van der Waals surface area contributed by atoms with Gasteiger partial charge in [-0.1, -0.05) is 18.2 Å². The van der Waals surface area contributed by atoms with Crippen molar-refractivity contribution in [2.45, 2.75) is 13.8 Å². The number of amides is 1. The van der Waals surface area contributed by atoms with Crippen LogP contribution in [0.1, 0.15) is 20.4 Å². The summed E-state index contributed by atoms with van der Waals surface area (Å²) in [5, 5.41) is 8.93. The first kappa shape index (κ1) is 17.1. The van der Waals surface area contributed by atoms with Crippen molar-refractivity contribution in [2.75, 3.05) is 5.32 Å². The Morgan fingerprint density at radius 2 is 1.85 bits per heavy atom. The fourth-order valence-corrected chi connectivity index (χ4v) is 4.90. The number of hydrogen-bond donors (Lipinski definition) is 1. The summed E-state index contributed by atoms with van der Waals surface area (Å²) in [6, 6.07) is 11.8. The number of rotatable bonds is 4. The molecule has 4 rings (SSSR count). The van der Waals surface area contributed by atoms with Crippen LogP contribution in [0.15, 0.2) is 47.2 Å². The van der Waals surface area contributed by atoms with Crippen LogP contribution in [0.25, 0.3) is 21.1 Å². The molecule has 0 saturated heterocycles. The largest absolute Gasteiger partial charge is 0.321 e. The average molecular weight is 398 g/mol. The van der Waals surface area contributed by atoms with E-state index in [0.29, 0.717) is 4.88 Å². The van der Waals surface area contributed by atoms with Crippen LogP contribution in [-0.4, -0.2) is 15.9 Å². The van der Waals surface area contributed by atoms with Gasteiger partial charge in [-0.05, 0) is 37.4 Å². The molecule has 4 nitrogen and oxygen atoms in total. The van der Waals surface area contributed by atoms with Crippen molar-refractivity contribution >= 4 is 45.6 Å². The monoisotopic (exact) mass is 397 g/mol. The highest BCUT2D eigenvalue weighted by atomic mass is 32.1. The van der Waals surface area contributed by atoms with E-state index in [1.54, 1.807) is 22.7 Å². The van der Waals surface area contributed by atoms with E-state index < -0.39 is 0 Å². The molecule has 1 amide bonds. The Hall–Kier alpha value is -2.35. The van der Waals surface area contributed by atoms with Gasteiger partial charge in [0.2, 0.25) is 0 Å². The first-order valence-corrected chi connectivity index (χ1v) is 10.5. The molecule has 0 radical (unpaired) electrons. The van der Waals surface area contributed by atoms with E-state index in [9.17, 15) is 4.79 Å². The Balaban J connectivity index is 1.51. The highest BCUT2D eigenvalue weighted by molar-refractivity contribution is 7.22. The Morgan fingerprint density at radius 1 is 1.04 bits per heavy atom. The third kappa shape index (κ3) is 3.46. The molecule has 0 fully saturated rings. The number of nitrogens with one attached hydrogen (secondary N) is 1. The van der Waals surface area contributed by atoms with Crippen molar-refractivity contribution in [1.29, 1.82) is 0 Å². The standard InChI is InChI=1S/C19H15N3OS3/c1-11-17(26-19(20-11)16-4-3-9-24-16)18(23)22-14-7-5-13(6-8-14)15-10-25-12(2)21-15/h3-10H,1-2H3,(H,22,23). The minimum Gasteiger partial charge on any atom is -0.321 e. The maximum atomic E-state index is 12.6. The predicted molar refractivity (Wildman–Crippen MR) is 110 cm³/mol. The van der Waals surface area contributed by atoms with Crippen LogP contribution in [0.3, 0.4) is 0 Å². The Bertz CT molecular complexity index is 1050. The second-order valence-electron chi connectivity index (χ2n) is 5.69. The summed E-state index contributed by atoms with van der Waals surface area (Å²) in [4.78, 5) is 23.4. The molecule has 0 saturated carbocycles. The number of hydrogen-bond acceptors (Lipinski definition) is 6. The van der Waals surface area contributed by atoms with Crippen LogP contribution in [0.2, 0.25) is 0 Å². The van der Waals surface area contributed by atoms with Gasteiger partial charge in [0.15, 0.2) is 0 Å². The number of benzene rings is 1. The molecular weight excluding hydrogens is 382 g/mol. The summed E-state index contributed by atoms with van der Waals surface area (Å²) in [6.07, 6.45) is 0. The molecule has 0 atom stereocenters. The predicted octanol–water partition coefficient (Wildman–Crippen LogP) is 5.86. The zero-order valence-corrected chi connectivity index (χ0v) is 16.6. The van der Waals surface area contributed by atoms with Gasteiger partial charge in [0, 0.05) is 16.6 Å². The van der Waals surface area contributed by atoms with Crippen molar-refractivity contribution in [3.8, 4) is 21.1 Å². The molecule has 130 valence electrons. The number of carbonyl (C=O) groups is 1. The Labute approximate surface area is 163 Å². The maximum Gasteiger partial charge on any atom is 0.267 e. The molecule has 4 aromatic rings. The molecule has 3 heterocycles. The van der Waals surface area contributed by atoms with E-state index in [1.807, 2.05) is 61.0 Å². The lowest BCUT2D eigenvalue weighted by atomic mass is 10.1. The van der Waals surface area contributed by atoms with Crippen molar-refractivity contribution < 1.29 is 4.79 Å². The van der Waals surface area contributed by atoms with Crippen LogP contribution >= 0.6 is 34.0 Å². The first-order valence-electron chi connectivity index (χ1n) is 7.95. The molecule has 0 aliphatic carbocycles. The van der Waals surface area contributed by atoms with Crippen LogP contribution in [0, 0.1) is 13.8 Å². The van der Waals surface area contributed by atoms with E-state index in [4.69, 9.17) is 0 Å². The fraction of sp³-hybridized carbons (Fsp3) is 0.105. The van der Waals surface area contributed by atoms with Gasteiger partial charge in [0.05, 0.1) is 21.3 Å². The van der Waals surface area contributed by atoms with Gasteiger partial charge in [-0.2, -0.15) is 0 Å². The number of nitrogens with zero attached hydrogens (tertiary/aromatic N) is 2. The highest BCUT2D eigenvalue weighted by Gasteiger charge is 2.17. The van der Waals surface area contributed by atoms with Crippen molar-refractivity contribution in [3.63, 3.8) is 0 Å². The zero-order chi connectivity index (χ0) is 18.1. The Kier molecular flexibility index (Phi) is 4.67. The highest BCUT2D eigenvalue weighted by Crippen LogP contribution is 2.31. The minimum absolute atomic E-state index is 0.125. The molecule has 0 unspecified atom stereocenters. The zero-order valence-electron chi connectivity index (χ0n) is 14.1. The molecule has 1 aromatic carbocycles. The number of aryl methyl sites for hydroxylation is 2. The number of carbonyl (C=O) groups excluding carboxylic acids is 1. The average Bonchev–Trinajstić information content (AvgIpc) is 3.36. The third-order valence-electron chi connectivity index (χ3n) is 3.79. The van der Waals surface area contributed by atoms with Crippen molar-refractivity contribution in [1.82, 2.24) is 9.97 Å². The van der Waals surface area contributed by atoms with Gasteiger partial charge in [0.25, 0.3) is 5.91 Å². The lowest BCUT2D eigenvalue weighted by Crippen LogP contribution is -2.11. The second kappa shape index (κ2) is 7.11. The molecule has 7 heteroatoms. The molecular formula is C19H15N3OS3. The van der Waals surface area contributed by atoms with Gasteiger partial charge in [0.1, 0.15) is 9.88 Å². The third-order valence-corrected chi connectivity index (χ3v) is 6.76. The quantitative estimate of drug-likeness (QED) is 0.469. The normalized spacial score (nSPS) is 10.8. The summed E-state index contributed by atoms with van der Waals surface area (Å²) < 4.78 is 0. The number of aromatic nitrogens is 2. The second-order valence-corrected chi connectivity index (χ2v) is 8.70. The van der Waals surface area contributed by atoms with E-state index >= 15 is 0 Å². The maximum absolute atomic E-state index is 12.6. The van der Waals surface area contributed by atoms with E-state index in [0.717, 1.165) is 37.5 Å². The Morgan fingerprint density at radius 3 is 2.50 bits per heavy atom. The molecule has 0 aliphatic rings. The van der Waals surface area contributed by atoms with Crippen LogP contribution < -0.4 is 5.32 Å². The van der Waals surface area contributed by atoms with E-state index in [1.165, 1.54) is 11.3 Å². The van der Waals surface area contributed by atoms with Gasteiger partial charge in [-0.25, -0.2) is 9.97 Å². The summed E-state index contributed by atoms with van der Waals surface area (Å²) >= 11 is 4.68. The fourth-order valence-electron chi connectivity index (χ4n) is 2.52. The van der Waals surface area contributed by atoms with Gasteiger partial charge < -0.3 is 5.32 Å². The van der Waals surface area contributed by atoms with Crippen molar-refractivity contribution in [3.05, 3.63) is 62.7 Å². The number of thiazole rings is 2. The summed E-state index contributed by atoms with van der Waals surface area (Å²) in [7, 11) is 0. The minimum atomic E-state index is -0.125. The molecule has 0 bridgehead atoms. The van der Waals surface area contributed by atoms with E-state index in [2.05, 4.69) is 15.3 Å². The molecule has 26 heavy (non-hydrogen) atoms. The smallest absolute Gasteiger partial charge is 0.267 e. The topological polar surface area (TPSA) is 54.9 Å². The first-order chi connectivity index (χ1) is 12.6. The summed E-state index contributed by atoms with van der Waals surface area (Å²) in [6.45, 7) is 3.86. The van der Waals surface area contributed by atoms with Gasteiger partial charge in [-0.15, -0.1) is 34.0 Å². The SMILES string of the molecule is Cc1nc(-c2ccc(NC(=O)c3sc(-c4cccs4)nc3C)cc2)cs1. The summed E-state index contributed by atoms with van der Waals surface area (Å²) in [5.41, 5.74) is 3.52. The van der Waals surface area contributed by atoms with Crippen LogP contribution in [-0.2, 0) is 0 Å².